The summed E-state index contributed by atoms with van der Waals surface area (Å²) in [7, 11) is 0. The summed E-state index contributed by atoms with van der Waals surface area (Å²) in [5, 5.41) is 0.780. The molecule has 1 rings (SSSR count). The third-order valence-corrected chi connectivity index (χ3v) is 3.26. The van der Waals surface area contributed by atoms with Crippen molar-refractivity contribution < 1.29 is 0 Å². The molecule has 1 aromatic carbocycles. The molecule has 0 amide bonds. The van der Waals surface area contributed by atoms with E-state index < -0.39 is 0 Å². The molecule has 2 heteroatoms. The lowest BCUT2D eigenvalue weighted by atomic mass is 9.85. The fourth-order valence-corrected chi connectivity index (χ4v) is 2.40. The summed E-state index contributed by atoms with van der Waals surface area (Å²) < 4.78 is 0. The second-order valence-corrected chi connectivity index (χ2v) is 5.03. The monoisotopic (exact) mass is 238 g/mol. The van der Waals surface area contributed by atoms with Gasteiger partial charge in [-0.25, -0.2) is 0 Å². The molecule has 0 aliphatic rings. The van der Waals surface area contributed by atoms with E-state index in [-0.39, 0.29) is 0 Å². The Morgan fingerprint density at radius 1 is 1.38 bits per heavy atom. The van der Waals surface area contributed by atoms with E-state index in [4.69, 9.17) is 17.3 Å². The first kappa shape index (κ1) is 13.5. The Hall–Kier alpha value is -0.530. The molecule has 1 aromatic rings. The van der Waals surface area contributed by atoms with Gasteiger partial charge in [0.2, 0.25) is 0 Å². The number of halogens is 1. The van der Waals surface area contributed by atoms with Gasteiger partial charge in [0.05, 0.1) is 0 Å². The molecule has 0 saturated heterocycles. The molecule has 0 heterocycles. The van der Waals surface area contributed by atoms with Crippen LogP contribution in [0.15, 0.2) is 18.2 Å². The van der Waals surface area contributed by atoms with Crippen LogP contribution in [0.3, 0.4) is 0 Å². The highest BCUT2D eigenvalue weighted by Gasteiger charge is 2.16. The van der Waals surface area contributed by atoms with Crippen molar-refractivity contribution in [3.05, 3.63) is 41.3 Å². The Balaban J connectivity index is 3.04. The zero-order valence-corrected chi connectivity index (χ0v) is 10.9. The van der Waals surface area contributed by atoms with Gasteiger partial charge in [-0.15, -0.1) is 0 Å². The first-order chi connectivity index (χ1) is 7.60. The van der Waals surface area contributed by atoms with Crippen molar-refractivity contribution in [3.63, 3.8) is 0 Å². The molecule has 1 radical (unpaired) electrons. The van der Waals surface area contributed by atoms with Crippen LogP contribution < -0.4 is 5.73 Å². The fraction of sp³-hybridized carbons (Fsp3) is 0.500. The standard InChI is InChI=1S/C14H21ClN/c1-4-11(8-10(2)3)12-6-5-7-14(15)13(12)9-16/h5-7,10-11H,1,4,8-9,16H2,2-3H3. The number of hydrogen-bond acceptors (Lipinski definition) is 1. The lowest BCUT2D eigenvalue weighted by Crippen LogP contribution is -2.09. The molecule has 0 fully saturated rings. The number of rotatable bonds is 5. The van der Waals surface area contributed by atoms with E-state index in [1.807, 2.05) is 12.1 Å². The maximum atomic E-state index is 6.17. The van der Waals surface area contributed by atoms with E-state index in [0.29, 0.717) is 18.4 Å². The summed E-state index contributed by atoms with van der Waals surface area (Å²) in [5.41, 5.74) is 8.13. The van der Waals surface area contributed by atoms with Crippen LogP contribution in [0.25, 0.3) is 0 Å². The minimum absolute atomic E-state index is 0.470. The Bertz CT molecular complexity index is 334. The van der Waals surface area contributed by atoms with Crippen LogP contribution in [0.5, 0.6) is 0 Å². The van der Waals surface area contributed by atoms with Crippen LogP contribution in [-0.4, -0.2) is 0 Å². The summed E-state index contributed by atoms with van der Waals surface area (Å²) in [6, 6.07) is 6.04. The van der Waals surface area contributed by atoms with Crippen molar-refractivity contribution in [1.29, 1.82) is 0 Å². The van der Waals surface area contributed by atoms with Crippen LogP contribution in [0.2, 0.25) is 5.02 Å². The van der Waals surface area contributed by atoms with Crippen molar-refractivity contribution in [2.75, 3.05) is 0 Å². The lowest BCUT2D eigenvalue weighted by Gasteiger charge is -2.21. The average molecular weight is 239 g/mol. The van der Waals surface area contributed by atoms with E-state index in [9.17, 15) is 0 Å². The highest BCUT2D eigenvalue weighted by Crippen LogP contribution is 2.32. The molecule has 1 unspecified atom stereocenters. The van der Waals surface area contributed by atoms with Gasteiger partial charge in [-0.05, 0) is 41.9 Å². The van der Waals surface area contributed by atoms with E-state index in [2.05, 4.69) is 26.8 Å². The molecule has 89 valence electrons. The maximum absolute atomic E-state index is 6.17. The van der Waals surface area contributed by atoms with E-state index in [1.54, 1.807) is 0 Å². The molecule has 1 nitrogen and oxygen atoms in total. The van der Waals surface area contributed by atoms with E-state index in [0.717, 1.165) is 23.4 Å². The second-order valence-electron chi connectivity index (χ2n) is 4.63. The highest BCUT2D eigenvalue weighted by molar-refractivity contribution is 6.31. The molecule has 2 N–H and O–H groups in total. The molecular weight excluding hydrogens is 218 g/mol. The first-order valence-corrected chi connectivity index (χ1v) is 6.24. The van der Waals surface area contributed by atoms with Crippen molar-refractivity contribution in [2.24, 2.45) is 11.7 Å². The topological polar surface area (TPSA) is 26.0 Å². The van der Waals surface area contributed by atoms with Crippen LogP contribution >= 0.6 is 11.6 Å². The normalized spacial score (nSPS) is 13.1. The van der Waals surface area contributed by atoms with Crippen molar-refractivity contribution >= 4 is 11.6 Å². The smallest absolute Gasteiger partial charge is 0.0453 e. The average Bonchev–Trinajstić information content (AvgIpc) is 2.25. The Kier molecular flexibility index (Phi) is 5.30. The van der Waals surface area contributed by atoms with Gasteiger partial charge in [-0.3, -0.25) is 0 Å². The number of hydrogen-bond donors (Lipinski definition) is 1. The van der Waals surface area contributed by atoms with Gasteiger partial charge >= 0.3 is 0 Å². The third kappa shape index (κ3) is 3.23. The minimum atomic E-state index is 0.470. The molecule has 1 atom stereocenters. The van der Waals surface area contributed by atoms with Gasteiger partial charge in [0.1, 0.15) is 0 Å². The zero-order valence-electron chi connectivity index (χ0n) is 10.2. The highest BCUT2D eigenvalue weighted by atomic mass is 35.5. The third-order valence-electron chi connectivity index (χ3n) is 2.90. The number of benzene rings is 1. The van der Waals surface area contributed by atoms with Crippen LogP contribution in [0.4, 0.5) is 0 Å². The lowest BCUT2D eigenvalue weighted by molar-refractivity contribution is 0.498. The SMILES string of the molecule is [CH2]CC(CC(C)C)c1cccc(Cl)c1CN. The molecule has 0 aliphatic carbocycles. The second kappa shape index (κ2) is 6.27. The van der Waals surface area contributed by atoms with Crippen LogP contribution in [-0.2, 0) is 6.54 Å². The largest absolute Gasteiger partial charge is 0.326 e. The Morgan fingerprint density at radius 3 is 2.56 bits per heavy atom. The fourth-order valence-electron chi connectivity index (χ4n) is 2.14. The van der Waals surface area contributed by atoms with Gasteiger partial charge in [0.25, 0.3) is 0 Å². The molecule has 0 aromatic heterocycles. The molecule has 0 spiro atoms. The van der Waals surface area contributed by atoms with Gasteiger partial charge in [-0.2, -0.15) is 0 Å². The predicted molar refractivity (Wildman–Crippen MR) is 71.5 cm³/mol. The van der Waals surface area contributed by atoms with Gasteiger partial charge in [0, 0.05) is 11.6 Å². The summed E-state index contributed by atoms with van der Waals surface area (Å²) in [5.74, 6) is 1.13. The van der Waals surface area contributed by atoms with Gasteiger partial charge in [-0.1, -0.05) is 44.5 Å². The Morgan fingerprint density at radius 2 is 2.06 bits per heavy atom. The van der Waals surface area contributed by atoms with Gasteiger partial charge < -0.3 is 5.73 Å². The molecule has 16 heavy (non-hydrogen) atoms. The molecule has 0 bridgehead atoms. The van der Waals surface area contributed by atoms with Crippen LogP contribution in [0.1, 0.15) is 43.7 Å². The first-order valence-electron chi connectivity index (χ1n) is 5.86. The maximum Gasteiger partial charge on any atom is 0.0453 e. The summed E-state index contributed by atoms with van der Waals surface area (Å²) in [6.45, 7) is 9.00. The quantitative estimate of drug-likeness (QED) is 0.819. The summed E-state index contributed by atoms with van der Waals surface area (Å²) in [4.78, 5) is 0. The zero-order chi connectivity index (χ0) is 12.1. The van der Waals surface area contributed by atoms with E-state index in [1.165, 1.54) is 5.56 Å². The summed E-state index contributed by atoms with van der Waals surface area (Å²) in [6.07, 6.45) is 2.03. The minimum Gasteiger partial charge on any atom is -0.326 e. The molecular formula is C14H21ClN. The van der Waals surface area contributed by atoms with Crippen molar-refractivity contribution in [3.8, 4) is 0 Å². The Labute approximate surface area is 104 Å². The predicted octanol–water partition coefficient (Wildman–Crippen LogP) is 4.15. The molecule has 0 saturated carbocycles. The van der Waals surface area contributed by atoms with Gasteiger partial charge in [0.15, 0.2) is 0 Å². The van der Waals surface area contributed by atoms with Crippen LogP contribution in [0, 0.1) is 12.8 Å². The molecule has 0 aliphatic heterocycles. The number of nitrogens with two attached hydrogens (primary N) is 1. The van der Waals surface area contributed by atoms with E-state index >= 15 is 0 Å². The van der Waals surface area contributed by atoms with Crippen molar-refractivity contribution in [1.82, 2.24) is 0 Å². The summed E-state index contributed by atoms with van der Waals surface area (Å²) >= 11 is 6.17. The van der Waals surface area contributed by atoms with Crippen molar-refractivity contribution in [2.45, 2.75) is 39.2 Å².